The van der Waals surface area contributed by atoms with Gasteiger partial charge in [-0.15, -0.1) is 0 Å². The highest BCUT2D eigenvalue weighted by molar-refractivity contribution is 6.02. The Morgan fingerprint density at radius 2 is 1.69 bits per heavy atom. The Labute approximate surface area is 226 Å². The third kappa shape index (κ3) is 7.11. The van der Waals surface area contributed by atoms with Crippen molar-refractivity contribution in [1.82, 2.24) is 0 Å². The second-order valence-electron chi connectivity index (χ2n) is 9.00. The molecule has 0 radical (unpaired) electrons. The zero-order valence-electron chi connectivity index (χ0n) is 21.7. The van der Waals surface area contributed by atoms with E-state index in [9.17, 15) is 19.1 Å². The van der Waals surface area contributed by atoms with Crippen LogP contribution in [-0.2, 0) is 13.0 Å². The average molecular weight is 525 g/mol. The maximum atomic E-state index is 14.3. The van der Waals surface area contributed by atoms with Crippen LogP contribution in [0.25, 0.3) is 11.1 Å². The average Bonchev–Trinajstić information content (AvgIpc) is 2.92. The lowest BCUT2D eigenvalue weighted by Crippen LogP contribution is -2.20. The Hall–Kier alpha value is -4.91. The Morgan fingerprint density at radius 1 is 0.949 bits per heavy atom. The minimum Gasteiger partial charge on any atom is -0.486 e. The molecule has 4 rings (SSSR count). The molecule has 4 aromatic carbocycles. The number of halogens is 1. The van der Waals surface area contributed by atoms with Crippen molar-refractivity contribution in [1.29, 1.82) is 0 Å². The first kappa shape index (κ1) is 27.1. The van der Waals surface area contributed by atoms with Crippen LogP contribution in [0.3, 0.4) is 0 Å². The standard InChI is InChI=1S/C32H29FN2O4/c1-3-4-10-23-17-24(28-19-25(33)13-16-27(28)31(36)37)18-29(30(23)39-20-22-8-6-5-7-9-22)35-32(38)34-26-14-11-21(2)12-15-26/h3-9,11-19H,10,20H2,1-2H3,(H,36,37)(H2,34,35,38). The highest BCUT2D eigenvalue weighted by Gasteiger charge is 2.19. The second-order valence-corrected chi connectivity index (χ2v) is 9.00. The SMILES string of the molecule is CC=CCc1cc(-c2cc(F)ccc2C(=O)O)cc(NC(=O)Nc2ccc(C)cc2)c1OCc1ccccc1. The van der Waals surface area contributed by atoms with Crippen LogP contribution in [0.4, 0.5) is 20.6 Å². The summed E-state index contributed by atoms with van der Waals surface area (Å²) in [4.78, 5) is 25.0. The van der Waals surface area contributed by atoms with Crippen molar-refractivity contribution in [3.63, 3.8) is 0 Å². The summed E-state index contributed by atoms with van der Waals surface area (Å²) >= 11 is 0. The van der Waals surface area contributed by atoms with Crippen LogP contribution in [0.1, 0.15) is 34.0 Å². The number of nitrogens with one attached hydrogen (secondary N) is 2. The van der Waals surface area contributed by atoms with Crippen LogP contribution in [0.15, 0.2) is 97.1 Å². The molecule has 39 heavy (non-hydrogen) atoms. The number of aryl methyl sites for hydroxylation is 1. The van der Waals surface area contributed by atoms with Gasteiger partial charge in [-0.25, -0.2) is 14.0 Å². The minimum absolute atomic E-state index is 0.0543. The lowest BCUT2D eigenvalue weighted by atomic mass is 9.95. The van der Waals surface area contributed by atoms with Crippen molar-refractivity contribution in [3.8, 4) is 16.9 Å². The molecule has 7 heteroatoms. The molecule has 0 saturated carbocycles. The van der Waals surface area contributed by atoms with E-state index < -0.39 is 17.8 Å². The molecule has 0 bridgehead atoms. The minimum atomic E-state index is -1.18. The van der Waals surface area contributed by atoms with Crippen molar-refractivity contribution in [3.05, 3.63) is 125 Å². The van der Waals surface area contributed by atoms with E-state index >= 15 is 0 Å². The number of carbonyl (C=O) groups excluding carboxylic acids is 1. The Morgan fingerprint density at radius 3 is 2.38 bits per heavy atom. The molecule has 4 aromatic rings. The Kier molecular flexibility index (Phi) is 8.74. The van der Waals surface area contributed by atoms with Crippen LogP contribution in [0.5, 0.6) is 5.75 Å². The van der Waals surface area contributed by atoms with Crippen LogP contribution in [-0.4, -0.2) is 17.1 Å². The van der Waals surface area contributed by atoms with E-state index in [1.165, 1.54) is 12.1 Å². The monoisotopic (exact) mass is 524 g/mol. The van der Waals surface area contributed by atoms with Crippen molar-refractivity contribution >= 4 is 23.4 Å². The van der Waals surface area contributed by atoms with Gasteiger partial charge in [-0.05, 0) is 79.4 Å². The van der Waals surface area contributed by atoms with Gasteiger partial charge in [0, 0.05) is 11.3 Å². The number of anilines is 2. The molecule has 0 unspecified atom stereocenters. The van der Waals surface area contributed by atoms with E-state index in [1.807, 2.05) is 68.5 Å². The number of rotatable bonds is 9. The highest BCUT2D eigenvalue weighted by Crippen LogP contribution is 2.38. The molecular weight excluding hydrogens is 495 g/mol. The highest BCUT2D eigenvalue weighted by atomic mass is 19.1. The molecular formula is C32H29FN2O4. The van der Waals surface area contributed by atoms with Crippen molar-refractivity contribution in [2.45, 2.75) is 26.9 Å². The zero-order chi connectivity index (χ0) is 27.8. The van der Waals surface area contributed by atoms with E-state index in [0.717, 1.165) is 17.2 Å². The van der Waals surface area contributed by atoms with Gasteiger partial charge in [0.15, 0.2) is 0 Å². The van der Waals surface area contributed by atoms with Gasteiger partial charge in [-0.3, -0.25) is 0 Å². The van der Waals surface area contributed by atoms with Crippen molar-refractivity contribution in [2.75, 3.05) is 10.6 Å². The molecule has 0 aliphatic heterocycles. The summed E-state index contributed by atoms with van der Waals surface area (Å²) in [6.45, 7) is 4.09. The topological polar surface area (TPSA) is 87.7 Å². The maximum Gasteiger partial charge on any atom is 0.336 e. The molecule has 0 aliphatic rings. The van der Waals surface area contributed by atoms with Crippen LogP contribution < -0.4 is 15.4 Å². The van der Waals surface area contributed by atoms with Gasteiger partial charge in [0.25, 0.3) is 0 Å². The smallest absolute Gasteiger partial charge is 0.336 e. The number of carboxylic acids is 1. The van der Waals surface area contributed by atoms with Gasteiger partial charge in [-0.1, -0.05) is 60.2 Å². The number of hydrogen-bond acceptors (Lipinski definition) is 3. The predicted molar refractivity (Wildman–Crippen MR) is 152 cm³/mol. The molecule has 0 aliphatic carbocycles. The maximum absolute atomic E-state index is 14.3. The largest absolute Gasteiger partial charge is 0.486 e. The van der Waals surface area contributed by atoms with Gasteiger partial charge in [-0.2, -0.15) is 0 Å². The third-order valence-corrected chi connectivity index (χ3v) is 6.05. The molecule has 0 heterocycles. The van der Waals surface area contributed by atoms with E-state index in [-0.39, 0.29) is 17.7 Å². The van der Waals surface area contributed by atoms with Crippen LogP contribution in [0, 0.1) is 12.7 Å². The first-order valence-electron chi connectivity index (χ1n) is 12.5. The van der Waals surface area contributed by atoms with E-state index in [4.69, 9.17) is 4.74 Å². The van der Waals surface area contributed by atoms with Gasteiger partial charge in [0.05, 0.1) is 11.3 Å². The van der Waals surface area contributed by atoms with Crippen molar-refractivity contribution in [2.24, 2.45) is 0 Å². The molecule has 0 atom stereocenters. The van der Waals surface area contributed by atoms with E-state index in [0.29, 0.717) is 34.7 Å². The fourth-order valence-corrected chi connectivity index (χ4v) is 4.10. The number of urea groups is 1. The normalized spacial score (nSPS) is 10.8. The second kappa shape index (κ2) is 12.6. The van der Waals surface area contributed by atoms with Gasteiger partial charge in [0.2, 0.25) is 0 Å². The van der Waals surface area contributed by atoms with Crippen LogP contribution in [0.2, 0.25) is 0 Å². The zero-order valence-corrected chi connectivity index (χ0v) is 21.7. The van der Waals surface area contributed by atoms with Gasteiger partial charge < -0.3 is 20.5 Å². The summed E-state index contributed by atoms with van der Waals surface area (Å²) in [5, 5.41) is 15.4. The quantitative estimate of drug-likeness (QED) is 0.195. The molecule has 0 fully saturated rings. The lowest BCUT2D eigenvalue weighted by molar-refractivity contribution is 0.0697. The predicted octanol–water partition coefficient (Wildman–Crippen LogP) is 7.84. The first-order chi connectivity index (χ1) is 18.8. The number of aromatic carboxylic acids is 1. The van der Waals surface area contributed by atoms with Crippen molar-refractivity contribution < 1.29 is 23.8 Å². The number of ether oxygens (including phenoxy) is 1. The van der Waals surface area contributed by atoms with Gasteiger partial charge >= 0.3 is 12.0 Å². The molecule has 3 N–H and O–H groups in total. The lowest BCUT2D eigenvalue weighted by Gasteiger charge is -2.19. The van der Waals surface area contributed by atoms with Crippen LogP contribution >= 0.6 is 0 Å². The summed E-state index contributed by atoms with van der Waals surface area (Å²) in [7, 11) is 0. The summed E-state index contributed by atoms with van der Waals surface area (Å²) in [6.07, 6.45) is 4.25. The molecule has 6 nitrogen and oxygen atoms in total. The Balaban J connectivity index is 1.80. The molecule has 0 saturated heterocycles. The van der Waals surface area contributed by atoms with Gasteiger partial charge in [0.1, 0.15) is 18.2 Å². The summed E-state index contributed by atoms with van der Waals surface area (Å²) in [5.74, 6) is -1.31. The number of amides is 2. The summed E-state index contributed by atoms with van der Waals surface area (Å²) < 4.78 is 20.5. The fourth-order valence-electron chi connectivity index (χ4n) is 4.10. The molecule has 0 aromatic heterocycles. The Bertz CT molecular complexity index is 1500. The molecule has 2 amide bonds. The molecule has 198 valence electrons. The molecule has 0 spiro atoms. The summed E-state index contributed by atoms with van der Waals surface area (Å²) in [6, 6.07) is 23.4. The number of hydrogen-bond donors (Lipinski definition) is 3. The summed E-state index contributed by atoms with van der Waals surface area (Å²) in [5.41, 5.74) is 4.20. The number of allylic oxidation sites excluding steroid dienone is 2. The third-order valence-electron chi connectivity index (χ3n) is 6.05. The fraction of sp³-hybridized carbons (Fsp3) is 0.125. The number of carboxylic acid groups (broad SMARTS) is 1. The number of carbonyl (C=O) groups is 2. The number of benzene rings is 4. The van der Waals surface area contributed by atoms with E-state index in [2.05, 4.69) is 10.6 Å². The van der Waals surface area contributed by atoms with E-state index in [1.54, 1.807) is 24.3 Å². The first-order valence-corrected chi connectivity index (χ1v) is 12.5.